The molecule has 194 valence electrons. The molecule has 0 spiro atoms. The van der Waals surface area contributed by atoms with Crippen LogP contribution in [-0.4, -0.2) is 31.5 Å². The molecular weight excluding hydrogens is 469 g/mol. The van der Waals surface area contributed by atoms with Gasteiger partial charge in [-0.1, -0.05) is 29.4 Å². The summed E-state index contributed by atoms with van der Waals surface area (Å²) < 4.78 is 22.1. The van der Waals surface area contributed by atoms with Crippen molar-refractivity contribution in [1.82, 2.24) is 14.7 Å². The topological polar surface area (TPSA) is 81.2 Å². The second-order valence-corrected chi connectivity index (χ2v) is 11.4. The zero-order chi connectivity index (χ0) is 26.5. The van der Waals surface area contributed by atoms with Gasteiger partial charge in [0, 0.05) is 35.6 Å². The van der Waals surface area contributed by atoms with E-state index in [-0.39, 0.29) is 0 Å². The van der Waals surface area contributed by atoms with Gasteiger partial charge < -0.3 is 14.2 Å². The van der Waals surface area contributed by atoms with Gasteiger partial charge in [-0.15, -0.1) is 0 Å². The van der Waals surface area contributed by atoms with Crippen LogP contribution in [0.2, 0.25) is 0 Å². The third kappa shape index (κ3) is 4.67. The molecule has 0 bridgehead atoms. The van der Waals surface area contributed by atoms with E-state index in [0.717, 1.165) is 69.7 Å². The number of carboxylic acids is 1. The third-order valence-corrected chi connectivity index (χ3v) is 8.09. The lowest BCUT2D eigenvalue weighted by Gasteiger charge is -2.31. The first-order chi connectivity index (χ1) is 17.5. The fourth-order valence-corrected chi connectivity index (χ4v) is 5.49. The predicted molar refractivity (Wildman–Crippen MR) is 142 cm³/mol. The SMILES string of the molecule is Cc1noc(C)c1-c1cnc2c(-c3ccc(C(C)(C)C(=O)O)cc3)cn(CC3CCC(C)(F)CC3)c2c1. The van der Waals surface area contributed by atoms with Crippen molar-refractivity contribution in [3.63, 3.8) is 0 Å². The molecule has 3 aromatic heterocycles. The number of pyridine rings is 1. The molecule has 5 rings (SSSR count). The highest BCUT2D eigenvalue weighted by Crippen LogP contribution is 2.38. The molecule has 3 heterocycles. The molecule has 4 aromatic rings. The molecule has 37 heavy (non-hydrogen) atoms. The molecule has 1 saturated carbocycles. The highest BCUT2D eigenvalue weighted by atomic mass is 19.1. The van der Waals surface area contributed by atoms with E-state index in [1.807, 2.05) is 44.3 Å². The van der Waals surface area contributed by atoms with Gasteiger partial charge >= 0.3 is 5.97 Å². The van der Waals surface area contributed by atoms with Crippen LogP contribution in [0.4, 0.5) is 4.39 Å². The summed E-state index contributed by atoms with van der Waals surface area (Å²) in [5.41, 5.74) is 5.30. The number of aliphatic carboxylic acids is 1. The number of carbonyl (C=O) groups is 1. The third-order valence-electron chi connectivity index (χ3n) is 8.09. The Morgan fingerprint density at radius 2 is 1.86 bits per heavy atom. The van der Waals surface area contributed by atoms with E-state index >= 15 is 0 Å². The molecule has 0 radical (unpaired) electrons. The monoisotopic (exact) mass is 503 g/mol. The van der Waals surface area contributed by atoms with Crippen LogP contribution in [0.15, 0.2) is 47.2 Å². The Labute approximate surface area is 216 Å². The number of aromatic nitrogens is 3. The number of hydrogen-bond donors (Lipinski definition) is 1. The molecule has 0 amide bonds. The van der Waals surface area contributed by atoms with Crippen molar-refractivity contribution >= 4 is 17.0 Å². The van der Waals surface area contributed by atoms with E-state index < -0.39 is 17.1 Å². The molecule has 6 nitrogen and oxygen atoms in total. The van der Waals surface area contributed by atoms with Crippen LogP contribution in [0.25, 0.3) is 33.3 Å². The number of aryl methyl sites for hydroxylation is 2. The van der Waals surface area contributed by atoms with Crippen molar-refractivity contribution in [3.8, 4) is 22.3 Å². The van der Waals surface area contributed by atoms with Gasteiger partial charge in [-0.05, 0) is 83.4 Å². The molecule has 1 fully saturated rings. The molecule has 0 aliphatic heterocycles. The second-order valence-electron chi connectivity index (χ2n) is 11.4. The quantitative estimate of drug-likeness (QED) is 0.300. The first-order valence-corrected chi connectivity index (χ1v) is 12.9. The van der Waals surface area contributed by atoms with E-state index in [0.29, 0.717) is 18.8 Å². The highest BCUT2D eigenvalue weighted by molar-refractivity contribution is 5.95. The minimum absolute atomic E-state index is 0.397. The Balaban J connectivity index is 1.58. The molecule has 0 unspecified atom stereocenters. The Morgan fingerprint density at radius 1 is 1.19 bits per heavy atom. The van der Waals surface area contributed by atoms with Crippen molar-refractivity contribution in [2.75, 3.05) is 0 Å². The van der Waals surface area contributed by atoms with Gasteiger partial charge in [-0.3, -0.25) is 9.78 Å². The minimum Gasteiger partial charge on any atom is -0.481 e. The standard InChI is InChI=1S/C30H34FN3O3/c1-18-26(19(2)37-33-18)22-14-25-27(32-15-22)24(17-34(25)16-20-10-12-30(5,31)13-11-20)21-6-8-23(9-7-21)29(3,4)28(35)36/h6-9,14-15,17,20H,10-13,16H2,1-5H3,(H,35,36). The molecule has 1 aromatic carbocycles. The number of alkyl halides is 1. The van der Waals surface area contributed by atoms with E-state index in [2.05, 4.69) is 22.0 Å². The average Bonchev–Trinajstić information content (AvgIpc) is 3.39. The summed E-state index contributed by atoms with van der Waals surface area (Å²) in [5, 5.41) is 13.7. The van der Waals surface area contributed by atoms with Gasteiger partial charge in [0.15, 0.2) is 0 Å². The van der Waals surface area contributed by atoms with Crippen LogP contribution in [0.3, 0.4) is 0 Å². The lowest BCUT2D eigenvalue weighted by molar-refractivity contribution is -0.142. The van der Waals surface area contributed by atoms with Crippen LogP contribution in [0.5, 0.6) is 0 Å². The fourth-order valence-electron chi connectivity index (χ4n) is 5.49. The molecule has 0 atom stereocenters. The Kier molecular flexibility index (Phi) is 6.21. The van der Waals surface area contributed by atoms with Crippen molar-refractivity contribution < 1.29 is 18.8 Å². The molecule has 1 aliphatic carbocycles. The van der Waals surface area contributed by atoms with Crippen LogP contribution >= 0.6 is 0 Å². The summed E-state index contributed by atoms with van der Waals surface area (Å²) in [6.07, 6.45) is 6.89. The maximum absolute atomic E-state index is 14.4. The Hall–Kier alpha value is -3.48. The van der Waals surface area contributed by atoms with Crippen LogP contribution < -0.4 is 0 Å². The molecular formula is C30H34FN3O3. The van der Waals surface area contributed by atoms with Crippen LogP contribution in [-0.2, 0) is 16.8 Å². The highest BCUT2D eigenvalue weighted by Gasteiger charge is 2.31. The Morgan fingerprint density at radius 3 is 2.46 bits per heavy atom. The number of nitrogens with zero attached hydrogens (tertiary/aromatic N) is 3. The van der Waals surface area contributed by atoms with E-state index in [1.165, 1.54) is 0 Å². The smallest absolute Gasteiger partial charge is 0.313 e. The second kappa shape index (κ2) is 9.12. The summed E-state index contributed by atoms with van der Waals surface area (Å²) in [6, 6.07) is 9.85. The van der Waals surface area contributed by atoms with Gasteiger partial charge in [0.1, 0.15) is 11.4 Å². The number of rotatable bonds is 6. The summed E-state index contributed by atoms with van der Waals surface area (Å²) in [7, 11) is 0. The number of fused-ring (bicyclic) bond motifs is 1. The summed E-state index contributed by atoms with van der Waals surface area (Å²) in [5.74, 6) is 0.291. The number of benzene rings is 1. The van der Waals surface area contributed by atoms with E-state index in [1.54, 1.807) is 20.8 Å². The van der Waals surface area contributed by atoms with Crippen LogP contribution in [0, 0.1) is 19.8 Å². The summed E-state index contributed by atoms with van der Waals surface area (Å²) in [4.78, 5) is 16.6. The lowest BCUT2D eigenvalue weighted by Crippen LogP contribution is -2.28. The van der Waals surface area contributed by atoms with Gasteiger partial charge in [0.05, 0.1) is 22.1 Å². The number of hydrogen-bond acceptors (Lipinski definition) is 4. The maximum atomic E-state index is 14.4. The van der Waals surface area contributed by atoms with E-state index in [4.69, 9.17) is 9.51 Å². The first-order valence-electron chi connectivity index (χ1n) is 12.9. The van der Waals surface area contributed by atoms with Gasteiger partial charge in [-0.2, -0.15) is 0 Å². The molecule has 1 N–H and O–H groups in total. The van der Waals surface area contributed by atoms with Gasteiger partial charge in [0.25, 0.3) is 0 Å². The summed E-state index contributed by atoms with van der Waals surface area (Å²) in [6.45, 7) is 9.75. The minimum atomic E-state index is -1.07. The van der Waals surface area contributed by atoms with Gasteiger partial charge in [0.2, 0.25) is 0 Å². The molecule has 7 heteroatoms. The van der Waals surface area contributed by atoms with E-state index in [9.17, 15) is 14.3 Å². The molecule has 1 aliphatic rings. The average molecular weight is 504 g/mol. The zero-order valence-electron chi connectivity index (χ0n) is 22.1. The van der Waals surface area contributed by atoms with Crippen molar-refractivity contribution in [1.29, 1.82) is 0 Å². The van der Waals surface area contributed by atoms with Crippen molar-refractivity contribution in [3.05, 3.63) is 59.7 Å². The zero-order valence-corrected chi connectivity index (χ0v) is 22.1. The normalized spacial score (nSPS) is 20.4. The Bertz CT molecular complexity index is 1430. The maximum Gasteiger partial charge on any atom is 0.313 e. The first kappa shape index (κ1) is 25.2. The van der Waals surface area contributed by atoms with Crippen molar-refractivity contribution in [2.24, 2.45) is 5.92 Å². The van der Waals surface area contributed by atoms with Gasteiger partial charge in [-0.25, -0.2) is 4.39 Å². The summed E-state index contributed by atoms with van der Waals surface area (Å²) >= 11 is 0. The number of halogens is 1. The fraction of sp³-hybridized carbons (Fsp3) is 0.433. The number of carboxylic acid groups (broad SMARTS) is 1. The largest absolute Gasteiger partial charge is 0.481 e. The molecule has 0 saturated heterocycles. The van der Waals surface area contributed by atoms with Crippen LogP contribution in [0.1, 0.15) is 63.5 Å². The lowest BCUT2D eigenvalue weighted by atomic mass is 9.81. The predicted octanol–water partition coefficient (Wildman–Crippen LogP) is 7.26. The van der Waals surface area contributed by atoms with Crippen molar-refractivity contribution in [2.45, 2.75) is 77.9 Å².